The molecule has 1 unspecified atom stereocenters. The van der Waals surface area contributed by atoms with E-state index in [1.807, 2.05) is 59.3 Å². The fourth-order valence-corrected chi connectivity index (χ4v) is 4.84. The lowest BCUT2D eigenvalue weighted by Crippen LogP contribution is -2.22. The average molecular weight is 551 g/mol. The number of nitrogens with one attached hydrogen (secondary N) is 2. The van der Waals surface area contributed by atoms with Gasteiger partial charge in [0.05, 0.1) is 19.2 Å². The Hall–Kier alpha value is -5.09. The van der Waals surface area contributed by atoms with Crippen LogP contribution in [0.25, 0.3) is 11.0 Å². The molecule has 41 heavy (non-hydrogen) atoms. The topological polar surface area (TPSA) is 126 Å². The van der Waals surface area contributed by atoms with Crippen molar-refractivity contribution in [3.05, 3.63) is 96.2 Å². The number of carbonyl (C=O) groups is 1. The van der Waals surface area contributed by atoms with Crippen LogP contribution in [0, 0.1) is 0 Å². The number of para-hydroxylation sites is 1. The van der Waals surface area contributed by atoms with Crippen LogP contribution in [-0.2, 0) is 6.54 Å². The van der Waals surface area contributed by atoms with E-state index in [0.717, 1.165) is 30.8 Å². The number of methoxy groups -OCH3 is 1. The lowest BCUT2D eigenvalue weighted by Gasteiger charge is -2.14. The lowest BCUT2D eigenvalue weighted by molar-refractivity contribution is 0.0998. The van der Waals surface area contributed by atoms with Gasteiger partial charge in [0.2, 0.25) is 0 Å². The van der Waals surface area contributed by atoms with Crippen molar-refractivity contribution in [2.75, 3.05) is 25.5 Å². The number of rotatable bonds is 10. The zero-order chi connectivity index (χ0) is 28.2. The third kappa shape index (κ3) is 5.78. The molecule has 6 rings (SSSR count). The van der Waals surface area contributed by atoms with Gasteiger partial charge in [0.1, 0.15) is 34.1 Å². The first-order chi connectivity index (χ1) is 20.1. The molecule has 1 aliphatic heterocycles. The van der Waals surface area contributed by atoms with E-state index in [2.05, 4.69) is 15.6 Å². The van der Waals surface area contributed by atoms with Crippen LogP contribution in [0.5, 0.6) is 28.7 Å². The number of anilines is 1. The van der Waals surface area contributed by atoms with E-state index in [1.54, 1.807) is 37.6 Å². The van der Waals surface area contributed by atoms with Crippen molar-refractivity contribution in [1.82, 2.24) is 20.1 Å². The van der Waals surface area contributed by atoms with Gasteiger partial charge in [0, 0.05) is 24.8 Å². The van der Waals surface area contributed by atoms with Crippen molar-refractivity contribution >= 4 is 22.8 Å². The molecule has 0 saturated carbocycles. The van der Waals surface area contributed by atoms with Gasteiger partial charge in [0.15, 0.2) is 11.5 Å². The number of benzene rings is 3. The number of fused-ring (bicyclic) bond motifs is 1. The van der Waals surface area contributed by atoms with Crippen molar-refractivity contribution in [2.24, 2.45) is 5.73 Å². The SMILES string of the molecule is COc1ccc(Cn2nc(NC3CCNC3)c3c(Oc4ccc(Oc5ccccc5)cc4C(N)=O)ccnc32)cc1. The molecule has 1 atom stereocenters. The highest BCUT2D eigenvalue weighted by Gasteiger charge is 2.23. The van der Waals surface area contributed by atoms with Gasteiger partial charge in [-0.25, -0.2) is 9.67 Å². The first kappa shape index (κ1) is 26.1. The molecule has 10 heteroatoms. The molecule has 0 bridgehead atoms. The van der Waals surface area contributed by atoms with Gasteiger partial charge in [-0.15, -0.1) is 0 Å². The highest BCUT2D eigenvalue weighted by atomic mass is 16.5. The highest BCUT2D eigenvalue weighted by Crippen LogP contribution is 2.37. The molecular weight excluding hydrogens is 520 g/mol. The summed E-state index contributed by atoms with van der Waals surface area (Å²) in [6.45, 7) is 2.26. The Morgan fingerprint density at radius 1 is 1.00 bits per heavy atom. The summed E-state index contributed by atoms with van der Waals surface area (Å²) in [6, 6.07) is 24.1. The Morgan fingerprint density at radius 3 is 2.54 bits per heavy atom. The fraction of sp³-hybridized carbons (Fsp3) is 0.194. The first-order valence-corrected chi connectivity index (χ1v) is 13.4. The minimum absolute atomic E-state index is 0.198. The molecule has 1 saturated heterocycles. The smallest absolute Gasteiger partial charge is 0.252 e. The maximum atomic E-state index is 12.5. The molecule has 3 heterocycles. The maximum Gasteiger partial charge on any atom is 0.252 e. The van der Waals surface area contributed by atoms with Crippen molar-refractivity contribution in [3.8, 4) is 28.7 Å². The van der Waals surface area contributed by atoms with Crippen molar-refractivity contribution in [1.29, 1.82) is 0 Å². The molecule has 2 aromatic heterocycles. The summed E-state index contributed by atoms with van der Waals surface area (Å²) in [5.74, 6) is 2.75. The summed E-state index contributed by atoms with van der Waals surface area (Å²) < 4.78 is 19.4. The molecule has 1 amide bonds. The highest BCUT2D eigenvalue weighted by molar-refractivity contribution is 5.97. The summed E-state index contributed by atoms with van der Waals surface area (Å²) in [5.41, 5.74) is 7.65. The van der Waals surface area contributed by atoms with Crippen LogP contribution in [0.3, 0.4) is 0 Å². The predicted octanol–water partition coefficient (Wildman–Crippen LogP) is 4.95. The van der Waals surface area contributed by atoms with E-state index in [4.69, 9.17) is 25.0 Å². The van der Waals surface area contributed by atoms with Crippen LogP contribution >= 0.6 is 0 Å². The summed E-state index contributed by atoms with van der Waals surface area (Å²) in [5, 5.41) is 12.6. The largest absolute Gasteiger partial charge is 0.497 e. The van der Waals surface area contributed by atoms with E-state index in [-0.39, 0.29) is 11.6 Å². The molecule has 5 aromatic rings. The van der Waals surface area contributed by atoms with Crippen LogP contribution < -0.4 is 30.6 Å². The monoisotopic (exact) mass is 550 g/mol. The number of aromatic nitrogens is 3. The molecule has 4 N–H and O–H groups in total. The fourth-order valence-electron chi connectivity index (χ4n) is 4.84. The summed E-state index contributed by atoms with van der Waals surface area (Å²) >= 11 is 0. The van der Waals surface area contributed by atoms with Gasteiger partial charge >= 0.3 is 0 Å². The van der Waals surface area contributed by atoms with E-state index in [9.17, 15) is 4.79 Å². The molecule has 10 nitrogen and oxygen atoms in total. The van der Waals surface area contributed by atoms with Crippen LogP contribution in [0.2, 0.25) is 0 Å². The lowest BCUT2D eigenvalue weighted by atomic mass is 10.1. The van der Waals surface area contributed by atoms with Crippen LogP contribution in [0.15, 0.2) is 85.1 Å². The second kappa shape index (κ2) is 11.6. The number of hydrogen-bond acceptors (Lipinski definition) is 8. The Balaban J connectivity index is 1.36. The zero-order valence-corrected chi connectivity index (χ0v) is 22.5. The second-order valence-electron chi connectivity index (χ2n) is 9.74. The number of hydrogen-bond donors (Lipinski definition) is 3. The summed E-state index contributed by atoms with van der Waals surface area (Å²) in [7, 11) is 1.64. The molecule has 0 aliphatic carbocycles. The first-order valence-electron chi connectivity index (χ1n) is 13.4. The standard InChI is InChI=1S/C31H30N6O4/c1-39-22-9-7-20(8-10-22)19-37-31-28(30(36-37)35-21-13-15-33-18-21)27(14-16-34-31)41-26-12-11-24(17-25(26)29(32)38)40-23-5-3-2-4-6-23/h2-12,14,16-17,21,33H,13,15,18-19H2,1H3,(H2,32,38)(H,35,36). The van der Waals surface area contributed by atoms with Gasteiger partial charge < -0.3 is 30.6 Å². The minimum atomic E-state index is -0.630. The number of amides is 1. The Kier molecular flexibility index (Phi) is 7.38. The maximum absolute atomic E-state index is 12.5. The second-order valence-corrected chi connectivity index (χ2v) is 9.74. The average Bonchev–Trinajstić information content (AvgIpc) is 3.63. The normalized spacial score (nSPS) is 14.6. The quantitative estimate of drug-likeness (QED) is 0.223. The van der Waals surface area contributed by atoms with Crippen LogP contribution in [-0.4, -0.2) is 46.9 Å². The number of nitrogens with two attached hydrogens (primary N) is 1. The number of nitrogens with zero attached hydrogens (tertiary/aromatic N) is 3. The van der Waals surface area contributed by atoms with Gasteiger partial charge in [-0.05, 0) is 61.0 Å². The van der Waals surface area contributed by atoms with E-state index in [1.165, 1.54) is 0 Å². The third-order valence-corrected chi connectivity index (χ3v) is 6.90. The van der Waals surface area contributed by atoms with Crippen molar-refractivity contribution in [2.45, 2.75) is 19.0 Å². The van der Waals surface area contributed by atoms with Gasteiger partial charge in [0.25, 0.3) is 5.91 Å². The predicted molar refractivity (Wildman–Crippen MR) is 156 cm³/mol. The molecule has 0 radical (unpaired) electrons. The summed E-state index contributed by atoms with van der Waals surface area (Å²) in [6.07, 6.45) is 2.64. The summed E-state index contributed by atoms with van der Waals surface area (Å²) in [4.78, 5) is 17.1. The van der Waals surface area contributed by atoms with Gasteiger partial charge in [-0.1, -0.05) is 30.3 Å². The van der Waals surface area contributed by atoms with E-state index >= 15 is 0 Å². The van der Waals surface area contributed by atoms with Crippen LogP contribution in [0.4, 0.5) is 5.82 Å². The van der Waals surface area contributed by atoms with E-state index in [0.29, 0.717) is 46.4 Å². The Morgan fingerprint density at radius 2 is 1.80 bits per heavy atom. The van der Waals surface area contributed by atoms with Crippen LogP contribution in [0.1, 0.15) is 22.3 Å². The number of pyridine rings is 1. The minimum Gasteiger partial charge on any atom is -0.497 e. The Bertz CT molecular complexity index is 1660. The van der Waals surface area contributed by atoms with Crippen molar-refractivity contribution < 1.29 is 19.0 Å². The van der Waals surface area contributed by atoms with E-state index < -0.39 is 5.91 Å². The molecule has 208 valence electrons. The molecule has 1 fully saturated rings. The molecule has 3 aromatic carbocycles. The van der Waals surface area contributed by atoms with Crippen molar-refractivity contribution in [3.63, 3.8) is 0 Å². The number of carbonyl (C=O) groups excluding carboxylic acids is 1. The van der Waals surface area contributed by atoms with Gasteiger partial charge in [-0.3, -0.25) is 4.79 Å². The Labute approximate surface area is 237 Å². The third-order valence-electron chi connectivity index (χ3n) is 6.90. The molecule has 0 spiro atoms. The molecule has 1 aliphatic rings. The number of ether oxygens (including phenoxy) is 3. The zero-order valence-electron chi connectivity index (χ0n) is 22.5. The van der Waals surface area contributed by atoms with Gasteiger partial charge in [-0.2, -0.15) is 5.10 Å². The molecular formula is C31H30N6O4. The number of primary amides is 1.